The standard InChI is InChI=1S/C16H26N2O2/c1-3-4-13-14(19)17-16(2,12-7-8-12)15(20)18(13)10-9-11-5-6-11/h11-13H,3-10H2,1-2H3,(H,17,19). The Morgan fingerprint density at radius 3 is 2.45 bits per heavy atom. The number of rotatable bonds is 6. The molecule has 2 unspecified atom stereocenters. The summed E-state index contributed by atoms with van der Waals surface area (Å²) >= 11 is 0. The summed E-state index contributed by atoms with van der Waals surface area (Å²) in [5.74, 6) is 1.38. The molecule has 2 atom stereocenters. The Labute approximate surface area is 121 Å². The number of carbonyl (C=O) groups excluding carboxylic acids is 2. The highest BCUT2D eigenvalue weighted by molar-refractivity contribution is 6.00. The largest absolute Gasteiger partial charge is 0.340 e. The van der Waals surface area contributed by atoms with Gasteiger partial charge in [-0.25, -0.2) is 0 Å². The predicted octanol–water partition coefficient (Wildman–Crippen LogP) is 2.08. The molecule has 0 bridgehead atoms. The van der Waals surface area contributed by atoms with Crippen molar-refractivity contribution in [2.75, 3.05) is 6.54 Å². The molecule has 112 valence electrons. The van der Waals surface area contributed by atoms with E-state index in [-0.39, 0.29) is 17.9 Å². The van der Waals surface area contributed by atoms with Crippen molar-refractivity contribution in [2.45, 2.75) is 70.4 Å². The summed E-state index contributed by atoms with van der Waals surface area (Å²) in [6.07, 6.45) is 7.52. The number of hydrogen-bond acceptors (Lipinski definition) is 2. The monoisotopic (exact) mass is 278 g/mol. The molecule has 1 saturated heterocycles. The summed E-state index contributed by atoms with van der Waals surface area (Å²) in [7, 11) is 0. The van der Waals surface area contributed by atoms with Crippen LogP contribution in [-0.2, 0) is 9.59 Å². The highest BCUT2D eigenvalue weighted by atomic mass is 16.2. The zero-order valence-corrected chi connectivity index (χ0v) is 12.7. The number of nitrogens with one attached hydrogen (secondary N) is 1. The van der Waals surface area contributed by atoms with Gasteiger partial charge < -0.3 is 10.2 Å². The van der Waals surface area contributed by atoms with Gasteiger partial charge >= 0.3 is 0 Å². The second-order valence-electron chi connectivity index (χ2n) is 7.00. The first kappa shape index (κ1) is 13.9. The molecule has 3 fully saturated rings. The minimum Gasteiger partial charge on any atom is -0.340 e. The van der Waals surface area contributed by atoms with Crippen molar-refractivity contribution in [1.29, 1.82) is 0 Å². The van der Waals surface area contributed by atoms with Crippen LogP contribution in [0.25, 0.3) is 0 Å². The molecule has 1 aliphatic heterocycles. The van der Waals surface area contributed by atoms with Crippen LogP contribution in [0, 0.1) is 11.8 Å². The van der Waals surface area contributed by atoms with E-state index in [1.807, 2.05) is 11.8 Å². The summed E-state index contributed by atoms with van der Waals surface area (Å²) in [6, 6.07) is -0.238. The average Bonchev–Trinajstić information content (AvgIpc) is 3.28. The van der Waals surface area contributed by atoms with Gasteiger partial charge in [-0.15, -0.1) is 0 Å². The first-order chi connectivity index (χ1) is 9.56. The molecule has 2 saturated carbocycles. The second-order valence-corrected chi connectivity index (χ2v) is 7.00. The van der Waals surface area contributed by atoms with Gasteiger partial charge in [-0.3, -0.25) is 9.59 Å². The molecule has 2 amide bonds. The van der Waals surface area contributed by atoms with Crippen molar-refractivity contribution >= 4 is 11.8 Å². The van der Waals surface area contributed by atoms with Crippen LogP contribution in [0.4, 0.5) is 0 Å². The zero-order valence-electron chi connectivity index (χ0n) is 12.7. The maximum absolute atomic E-state index is 12.9. The number of hydrogen-bond donors (Lipinski definition) is 1. The molecule has 3 aliphatic rings. The molecule has 4 nitrogen and oxygen atoms in total. The molecule has 2 aliphatic carbocycles. The van der Waals surface area contributed by atoms with Crippen molar-refractivity contribution < 1.29 is 9.59 Å². The molecule has 4 heteroatoms. The molecule has 20 heavy (non-hydrogen) atoms. The lowest BCUT2D eigenvalue weighted by Crippen LogP contribution is -2.70. The normalized spacial score (nSPS) is 34.3. The van der Waals surface area contributed by atoms with Gasteiger partial charge in [0.2, 0.25) is 11.8 Å². The summed E-state index contributed by atoms with van der Waals surface area (Å²) in [5.41, 5.74) is -0.634. The van der Waals surface area contributed by atoms with Crippen LogP contribution in [0.2, 0.25) is 0 Å². The highest BCUT2D eigenvalue weighted by Crippen LogP contribution is 2.43. The number of nitrogens with zero attached hydrogens (tertiary/aromatic N) is 1. The van der Waals surface area contributed by atoms with Crippen LogP contribution >= 0.6 is 0 Å². The molecule has 0 aromatic carbocycles. The quantitative estimate of drug-likeness (QED) is 0.808. The molecule has 1 heterocycles. The van der Waals surface area contributed by atoms with Crippen LogP contribution in [0.15, 0.2) is 0 Å². The van der Waals surface area contributed by atoms with E-state index in [0.717, 1.165) is 44.6 Å². The summed E-state index contributed by atoms with van der Waals surface area (Å²) < 4.78 is 0. The molecule has 0 radical (unpaired) electrons. The van der Waals surface area contributed by atoms with Gasteiger partial charge in [0, 0.05) is 6.54 Å². The Balaban J connectivity index is 1.77. The van der Waals surface area contributed by atoms with Crippen molar-refractivity contribution in [2.24, 2.45) is 11.8 Å². The molecular formula is C16H26N2O2. The topological polar surface area (TPSA) is 49.4 Å². The van der Waals surface area contributed by atoms with Gasteiger partial charge in [0.1, 0.15) is 11.6 Å². The zero-order chi connectivity index (χ0) is 14.3. The average molecular weight is 278 g/mol. The van der Waals surface area contributed by atoms with Crippen LogP contribution < -0.4 is 5.32 Å². The van der Waals surface area contributed by atoms with Gasteiger partial charge in [-0.05, 0) is 44.4 Å². The first-order valence-corrected chi connectivity index (χ1v) is 8.19. The minimum absolute atomic E-state index is 0.0663. The van der Waals surface area contributed by atoms with Gasteiger partial charge in [0.05, 0.1) is 0 Å². The third-order valence-corrected chi connectivity index (χ3v) is 5.20. The number of carbonyl (C=O) groups is 2. The molecule has 0 aromatic rings. The Morgan fingerprint density at radius 2 is 1.90 bits per heavy atom. The number of piperazine rings is 1. The van der Waals surface area contributed by atoms with E-state index in [2.05, 4.69) is 12.2 Å². The van der Waals surface area contributed by atoms with Crippen LogP contribution in [0.5, 0.6) is 0 Å². The molecule has 0 aromatic heterocycles. The fourth-order valence-electron chi connectivity index (χ4n) is 3.46. The van der Waals surface area contributed by atoms with E-state index < -0.39 is 5.54 Å². The predicted molar refractivity (Wildman–Crippen MR) is 77.0 cm³/mol. The molecule has 1 N–H and O–H groups in total. The van der Waals surface area contributed by atoms with Crippen molar-refractivity contribution in [3.63, 3.8) is 0 Å². The van der Waals surface area contributed by atoms with Crippen LogP contribution in [-0.4, -0.2) is 34.8 Å². The lowest BCUT2D eigenvalue weighted by atomic mass is 9.88. The Hall–Kier alpha value is -1.06. The van der Waals surface area contributed by atoms with E-state index in [0.29, 0.717) is 5.92 Å². The van der Waals surface area contributed by atoms with E-state index in [9.17, 15) is 9.59 Å². The SMILES string of the molecule is CCCC1C(=O)NC(C)(C2CC2)C(=O)N1CCC1CC1. The van der Waals surface area contributed by atoms with E-state index in [1.165, 1.54) is 12.8 Å². The van der Waals surface area contributed by atoms with Crippen molar-refractivity contribution in [3.8, 4) is 0 Å². The van der Waals surface area contributed by atoms with Gasteiger partial charge in [0.25, 0.3) is 0 Å². The minimum atomic E-state index is -0.634. The van der Waals surface area contributed by atoms with Crippen LogP contribution in [0.1, 0.15) is 58.8 Å². The van der Waals surface area contributed by atoms with Gasteiger partial charge in [-0.2, -0.15) is 0 Å². The van der Waals surface area contributed by atoms with E-state index in [4.69, 9.17) is 0 Å². The van der Waals surface area contributed by atoms with Gasteiger partial charge in [0.15, 0.2) is 0 Å². The van der Waals surface area contributed by atoms with E-state index in [1.54, 1.807) is 0 Å². The maximum atomic E-state index is 12.9. The lowest BCUT2D eigenvalue weighted by Gasteiger charge is -2.45. The Morgan fingerprint density at radius 1 is 1.20 bits per heavy atom. The third kappa shape index (κ3) is 2.45. The highest BCUT2D eigenvalue weighted by Gasteiger charge is 2.55. The van der Waals surface area contributed by atoms with Crippen molar-refractivity contribution in [1.82, 2.24) is 10.2 Å². The fourth-order valence-corrected chi connectivity index (χ4v) is 3.46. The smallest absolute Gasteiger partial charge is 0.249 e. The molecular weight excluding hydrogens is 252 g/mol. The summed E-state index contributed by atoms with van der Waals surface area (Å²) in [5, 5.41) is 3.04. The van der Waals surface area contributed by atoms with Crippen LogP contribution in [0.3, 0.4) is 0 Å². The Bertz CT molecular complexity index is 415. The molecule has 0 spiro atoms. The maximum Gasteiger partial charge on any atom is 0.249 e. The lowest BCUT2D eigenvalue weighted by molar-refractivity contribution is -0.155. The summed E-state index contributed by atoms with van der Waals surface area (Å²) in [4.78, 5) is 27.2. The molecule has 3 rings (SSSR count). The number of amides is 2. The van der Waals surface area contributed by atoms with Gasteiger partial charge in [-0.1, -0.05) is 26.2 Å². The fraction of sp³-hybridized carbons (Fsp3) is 0.875. The summed E-state index contributed by atoms with van der Waals surface area (Å²) in [6.45, 7) is 4.77. The van der Waals surface area contributed by atoms with E-state index >= 15 is 0 Å². The Kier molecular flexibility index (Phi) is 3.51. The second kappa shape index (κ2) is 5.05. The first-order valence-electron chi connectivity index (χ1n) is 8.19. The van der Waals surface area contributed by atoms with Crippen molar-refractivity contribution in [3.05, 3.63) is 0 Å². The third-order valence-electron chi connectivity index (χ3n) is 5.20.